The third kappa shape index (κ3) is 3.40. The van der Waals surface area contributed by atoms with Gasteiger partial charge in [0.25, 0.3) is 0 Å². The molecule has 0 amide bonds. The molecule has 0 aliphatic rings. The van der Waals surface area contributed by atoms with Crippen molar-refractivity contribution in [2.24, 2.45) is 0 Å². The smallest absolute Gasteiger partial charge is 0.166 e. The van der Waals surface area contributed by atoms with Crippen molar-refractivity contribution in [1.29, 1.82) is 0 Å². The SMILES string of the molecule is CCOc1cccc(CO)c1OCCOC. The van der Waals surface area contributed by atoms with Crippen molar-refractivity contribution in [1.82, 2.24) is 0 Å². The molecule has 0 radical (unpaired) electrons. The standard InChI is InChI=1S/C12H18O4/c1-3-15-11-6-4-5-10(9-13)12(11)16-8-7-14-2/h4-6,13H,3,7-9H2,1-2H3. The molecule has 16 heavy (non-hydrogen) atoms. The van der Waals surface area contributed by atoms with Crippen molar-refractivity contribution >= 4 is 0 Å². The Morgan fingerprint density at radius 1 is 1.19 bits per heavy atom. The second-order valence-corrected chi connectivity index (χ2v) is 3.18. The summed E-state index contributed by atoms with van der Waals surface area (Å²) in [4.78, 5) is 0. The minimum absolute atomic E-state index is 0.0662. The Morgan fingerprint density at radius 3 is 2.62 bits per heavy atom. The Kier molecular flexibility index (Phi) is 5.67. The summed E-state index contributed by atoms with van der Waals surface area (Å²) >= 11 is 0. The fraction of sp³-hybridized carbons (Fsp3) is 0.500. The average Bonchev–Trinajstić information content (AvgIpc) is 2.31. The van der Waals surface area contributed by atoms with Crippen LogP contribution >= 0.6 is 0 Å². The van der Waals surface area contributed by atoms with Gasteiger partial charge in [-0.15, -0.1) is 0 Å². The van der Waals surface area contributed by atoms with Crippen LogP contribution in [0.25, 0.3) is 0 Å². The molecule has 0 bridgehead atoms. The second kappa shape index (κ2) is 7.09. The van der Waals surface area contributed by atoms with Gasteiger partial charge in [-0.05, 0) is 13.0 Å². The summed E-state index contributed by atoms with van der Waals surface area (Å²) in [6.45, 7) is 3.35. The van der Waals surface area contributed by atoms with Gasteiger partial charge in [0.05, 0.1) is 19.8 Å². The first kappa shape index (κ1) is 12.8. The maximum atomic E-state index is 9.20. The predicted molar refractivity (Wildman–Crippen MR) is 60.9 cm³/mol. The number of hydrogen-bond acceptors (Lipinski definition) is 4. The number of ether oxygens (including phenoxy) is 3. The summed E-state index contributed by atoms with van der Waals surface area (Å²) in [5, 5.41) is 9.20. The molecular formula is C12H18O4. The zero-order valence-corrected chi connectivity index (χ0v) is 9.73. The first-order valence-corrected chi connectivity index (χ1v) is 5.30. The summed E-state index contributed by atoms with van der Waals surface area (Å²) in [5.74, 6) is 1.26. The lowest BCUT2D eigenvalue weighted by atomic mass is 10.2. The number of hydrogen-bond donors (Lipinski definition) is 1. The van der Waals surface area contributed by atoms with Crippen molar-refractivity contribution in [3.8, 4) is 11.5 Å². The summed E-state index contributed by atoms with van der Waals surface area (Å²) in [6, 6.07) is 5.47. The molecule has 0 saturated heterocycles. The minimum Gasteiger partial charge on any atom is -0.490 e. The van der Waals surface area contributed by atoms with Gasteiger partial charge in [-0.3, -0.25) is 0 Å². The van der Waals surface area contributed by atoms with Gasteiger partial charge in [0.1, 0.15) is 6.61 Å². The minimum atomic E-state index is -0.0662. The lowest BCUT2D eigenvalue weighted by Crippen LogP contribution is -2.07. The monoisotopic (exact) mass is 226 g/mol. The molecule has 1 rings (SSSR count). The number of aliphatic hydroxyl groups excluding tert-OH is 1. The quantitative estimate of drug-likeness (QED) is 0.717. The van der Waals surface area contributed by atoms with Crippen LogP contribution in [0, 0.1) is 0 Å². The van der Waals surface area contributed by atoms with Crippen molar-refractivity contribution in [3.05, 3.63) is 23.8 Å². The van der Waals surface area contributed by atoms with Crippen molar-refractivity contribution < 1.29 is 19.3 Å². The van der Waals surface area contributed by atoms with Gasteiger partial charge < -0.3 is 19.3 Å². The number of methoxy groups -OCH3 is 1. The van der Waals surface area contributed by atoms with Crippen LogP contribution in [0.2, 0.25) is 0 Å². The van der Waals surface area contributed by atoms with Crippen molar-refractivity contribution in [2.75, 3.05) is 26.9 Å². The highest BCUT2D eigenvalue weighted by Gasteiger charge is 2.09. The highest BCUT2D eigenvalue weighted by atomic mass is 16.5. The van der Waals surface area contributed by atoms with E-state index in [1.165, 1.54) is 0 Å². The maximum absolute atomic E-state index is 9.20. The molecular weight excluding hydrogens is 208 g/mol. The van der Waals surface area contributed by atoms with E-state index in [4.69, 9.17) is 14.2 Å². The van der Waals surface area contributed by atoms with Crippen LogP contribution in [-0.2, 0) is 11.3 Å². The number of para-hydroxylation sites is 1. The highest BCUT2D eigenvalue weighted by molar-refractivity contribution is 5.46. The van der Waals surface area contributed by atoms with Crippen LogP contribution in [0.1, 0.15) is 12.5 Å². The molecule has 0 atom stereocenters. The predicted octanol–water partition coefficient (Wildman–Crippen LogP) is 1.60. The van der Waals surface area contributed by atoms with Crippen LogP contribution in [-0.4, -0.2) is 32.0 Å². The molecule has 0 saturated carbocycles. The van der Waals surface area contributed by atoms with Gasteiger partial charge >= 0.3 is 0 Å². The Labute approximate surface area is 95.8 Å². The highest BCUT2D eigenvalue weighted by Crippen LogP contribution is 2.31. The van der Waals surface area contributed by atoms with Crippen LogP contribution in [0.15, 0.2) is 18.2 Å². The van der Waals surface area contributed by atoms with Gasteiger partial charge in [-0.25, -0.2) is 0 Å². The lowest BCUT2D eigenvalue weighted by Gasteiger charge is -2.14. The van der Waals surface area contributed by atoms with E-state index >= 15 is 0 Å². The largest absolute Gasteiger partial charge is 0.490 e. The zero-order valence-electron chi connectivity index (χ0n) is 9.73. The first-order chi connectivity index (χ1) is 7.83. The molecule has 0 aromatic heterocycles. The molecule has 0 aliphatic heterocycles. The zero-order chi connectivity index (χ0) is 11.8. The normalized spacial score (nSPS) is 10.2. The van der Waals surface area contributed by atoms with Gasteiger partial charge in [-0.1, -0.05) is 12.1 Å². The number of benzene rings is 1. The fourth-order valence-electron chi connectivity index (χ4n) is 1.35. The van der Waals surface area contributed by atoms with E-state index in [1.807, 2.05) is 25.1 Å². The van der Waals surface area contributed by atoms with Gasteiger partial charge in [-0.2, -0.15) is 0 Å². The molecule has 1 N–H and O–H groups in total. The molecule has 90 valence electrons. The van der Waals surface area contributed by atoms with E-state index in [0.717, 1.165) is 5.56 Å². The Bertz CT molecular complexity index is 312. The summed E-state index contributed by atoms with van der Waals surface area (Å²) in [7, 11) is 1.62. The summed E-state index contributed by atoms with van der Waals surface area (Å²) < 4.78 is 15.9. The average molecular weight is 226 g/mol. The molecule has 1 aromatic carbocycles. The molecule has 1 aromatic rings. The molecule has 4 heteroatoms. The first-order valence-electron chi connectivity index (χ1n) is 5.30. The van der Waals surface area contributed by atoms with Gasteiger partial charge in [0, 0.05) is 12.7 Å². The fourth-order valence-corrected chi connectivity index (χ4v) is 1.35. The molecule has 0 fully saturated rings. The van der Waals surface area contributed by atoms with E-state index in [1.54, 1.807) is 7.11 Å². The molecule has 0 aliphatic carbocycles. The van der Waals surface area contributed by atoms with Crippen LogP contribution in [0.5, 0.6) is 11.5 Å². The van der Waals surface area contributed by atoms with Crippen molar-refractivity contribution in [2.45, 2.75) is 13.5 Å². The third-order valence-electron chi connectivity index (χ3n) is 2.06. The van der Waals surface area contributed by atoms with E-state index in [0.29, 0.717) is 31.3 Å². The van der Waals surface area contributed by atoms with Crippen molar-refractivity contribution in [3.63, 3.8) is 0 Å². The topological polar surface area (TPSA) is 47.9 Å². The molecule has 0 spiro atoms. The maximum Gasteiger partial charge on any atom is 0.166 e. The Balaban J connectivity index is 2.81. The number of rotatable bonds is 7. The Morgan fingerprint density at radius 2 is 2.00 bits per heavy atom. The van der Waals surface area contributed by atoms with E-state index in [-0.39, 0.29) is 6.61 Å². The van der Waals surface area contributed by atoms with Crippen LogP contribution in [0.4, 0.5) is 0 Å². The molecule has 0 heterocycles. The van der Waals surface area contributed by atoms with E-state index < -0.39 is 0 Å². The number of aliphatic hydroxyl groups is 1. The van der Waals surface area contributed by atoms with E-state index in [2.05, 4.69) is 0 Å². The molecule has 0 unspecified atom stereocenters. The van der Waals surface area contributed by atoms with Crippen LogP contribution < -0.4 is 9.47 Å². The van der Waals surface area contributed by atoms with Gasteiger partial charge in [0.15, 0.2) is 11.5 Å². The molecule has 4 nitrogen and oxygen atoms in total. The summed E-state index contributed by atoms with van der Waals surface area (Å²) in [6.07, 6.45) is 0. The summed E-state index contributed by atoms with van der Waals surface area (Å²) in [5.41, 5.74) is 0.724. The third-order valence-corrected chi connectivity index (χ3v) is 2.06. The van der Waals surface area contributed by atoms with E-state index in [9.17, 15) is 5.11 Å². The second-order valence-electron chi connectivity index (χ2n) is 3.18. The van der Waals surface area contributed by atoms with Crippen LogP contribution in [0.3, 0.4) is 0 Å². The van der Waals surface area contributed by atoms with Gasteiger partial charge in [0.2, 0.25) is 0 Å². The Hall–Kier alpha value is -1.26. The lowest BCUT2D eigenvalue weighted by molar-refractivity contribution is 0.141.